The van der Waals surface area contributed by atoms with E-state index in [9.17, 15) is 14.4 Å². The number of ketones is 1. The number of anilines is 1. The molecular formula is C23H39N3O4. The molecule has 1 aromatic rings. The van der Waals surface area contributed by atoms with Crippen LogP contribution in [0.4, 0.5) is 5.69 Å². The molecule has 1 rings (SSSR count). The SMILES string of the molecule is C=C[C@@H](C)NC(=O)CNC=O.CC.CCCCCC(=O)c1ccc(OC)cc1NC. The molecule has 1 atom stereocenters. The van der Waals surface area contributed by atoms with Crippen LogP contribution in [-0.2, 0) is 9.59 Å². The van der Waals surface area contributed by atoms with E-state index < -0.39 is 0 Å². The second-order valence-electron chi connectivity index (χ2n) is 6.13. The lowest BCUT2D eigenvalue weighted by Crippen LogP contribution is -2.37. The van der Waals surface area contributed by atoms with Gasteiger partial charge < -0.3 is 20.7 Å². The van der Waals surface area contributed by atoms with Gasteiger partial charge in [0.1, 0.15) is 5.75 Å². The Morgan fingerprint density at radius 2 is 1.90 bits per heavy atom. The maximum absolute atomic E-state index is 12.0. The van der Waals surface area contributed by atoms with Crippen molar-refractivity contribution in [3.05, 3.63) is 36.4 Å². The van der Waals surface area contributed by atoms with Crippen molar-refractivity contribution >= 4 is 23.8 Å². The number of ether oxygens (including phenoxy) is 1. The van der Waals surface area contributed by atoms with Crippen LogP contribution in [0.1, 0.15) is 63.7 Å². The second kappa shape index (κ2) is 19.5. The van der Waals surface area contributed by atoms with Gasteiger partial charge >= 0.3 is 0 Å². The second-order valence-corrected chi connectivity index (χ2v) is 6.13. The molecule has 30 heavy (non-hydrogen) atoms. The zero-order valence-corrected chi connectivity index (χ0v) is 19.3. The third kappa shape index (κ3) is 13.4. The van der Waals surface area contributed by atoms with Crippen LogP contribution >= 0.6 is 0 Å². The van der Waals surface area contributed by atoms with E-state index in [0.717, 1.165) is 36.3 Å². The third-order valence-electron chi connectivity index (χ3n) is 3.89. The van der Waals surface area contributed by atoms with E-state index in [0.29, 0.717) is 12.8 Å². The maximum atomic E-state index is 12.0. The number of carbonyl (C=O) groups is 3. The Morgan fingerprint density at radius 3 is 2.40 bits per heavy atom. The summed E-state index contributed by atoms with van der Waals surface area (Å²) in [7, 11) is 3.44. The number of amides is 2. The molecule has 3 N–H and O–H groups in total. The Labute approximate surface area is 181 Å². The minimum Gasteiger partial charge on any atom is -0.497 e. The van der Waals surface area contributed by atoms with Crippen molar-refractivity contribution in [2.45, 2.75) is 59.4 Å². The van der Waals surface area contributed by atoms with Crippen molar-refractivity contribution in [3.8, 4) is 5.75 Å². The monoisotopic (exact) mass is 421 g/mol. The molecule has 0 aliphatic rings. The fourth-order valence-electron chi connectivity index (χ4n) is 2.27. The lowest BCUT2D eigenvalue weighted by atomic mass is 10.0. The summed E-state index contributed by atoms with van der Waals surface area (Å²) >= 11 is 0. The fourth-order valence-corrected chi connectivity index (χ4v) is 2.27. The highest BCUT2D eigenvalue weighted by Gasteiger charge is 2.11. The first kappa shape index (κ1) is 29.4. The number of rotatable bonds is 12. The van der Waals surface area contributed by atoms with Gasteiger partial charge in [-0.25, -0.2) is 0 Å². The van der Waals surface area contributed by atoms with Crippen molar-refractivity contribution in [2.75, 3.05) is 26.0 Å². The van der Waals surface area contributed by atoms with Crippen molar-refractivity contribution in [2.24, 2.45) is 0 Å². The number of nitrogens with one attached hydrogen (secondary N) is 3. The molecule has 7 nitrogen and oxygen atoms in total. The number of unbranched alkanes of at least 4 members (excludes halogenated alkanes) is 2. The average molecular weight is 422 g/mol. The molecule has 0 bridgehead atoms. The number of benzene rings is 1. The van der Waals surface area contributed by atoms with Crippen LogP contribution in [0, 0.1) is 0 Å². The molecule has 7 heteroatoms. The molecular weight excluding hydrogens is 382 g/mol. The molecule has 1 aromatic carbocycles. The smallest absolute Gasteiger partial charge is 0.239 e. The topological polar surface area (TPSA) is 96.5 Å². The molecule has 0 aromatic heterocycles. The molecule has 0 spiro atoms. The number of Topliss-reactive ketones (excluding diaryl/α,β-unsaturated/α-hetero) is 1. The van der Waals surface area contributed by atoms with Crippen LogP contribution in [-0.4, -0.2) is 44.8 Å². The van der Waals surface area contributed by atoms with Crippen LogP contribution in [0.3, 0.4) is 0 Å². The zero-order valence-electron chi connectivity index (χ0n) is 19.3. The summed E-state index contributed by atoms with van der Waals surface area (Å²) in [6, 6.07) is 5.45. The number of hydrogen-bond donors (Lipinski definition) is 3. The van der Waals surface area contributed by atoms with Crippen LogP contribution in [0.2, 0.25) is 0 Å². The van der Waals surface area contributed by atoms with Crippen LogP contribution in [0.25, 0.3) is 0 Å². The summed E-state index contributed by atoms with van der Waals surface area (Å²) in [5, 5.41) is 7.88. The molecule has 0 heterocycles. The van der Waals surface area contributed by atoms with Gasteiger partial charge in [0.2, 0.25) is 12.3 Å². The van der Waals surface area contributed by atoms with Crippen molar-refractivity contribution in [3.63, 3.8) is 0 Å². The summed E-state index contributed by atoms with van der Waals surface area (Å²) in [6.07, 6.45) is 5.92. The summed E-state index contributed by atoms with van der Waals surface area (Å²) in [6.45, 7) is 11.4. The van der Waals surface area contributed by atoms with Gasteiger partial charge in [0.25, 0.3) is 0 Å². The summed E-state index contributed by atoms with van der Waals surface area (Å²) < 4.78 is 5.14. The van der Waals surface area contributed by atoms with E-state index in [1.165, 1.54) is 0 Å². The Hall–Kier alpha value is -2.83. The summed E-state index contributed by atoms with van der Waals surface area (Å²) in [5.41, 5.74) is 1.59. The Morgan fingerprint density at radius 1 is 1.23 bits per heavy atom. The average Bonchev–Trinajstić information content (AvgIpc) is 2.78. The van der Waals surface area contributed by atoms with Gasteiger partial charge in [0, 0.05) is 36.8 Å². The first-order chi connectivity index (χ1) is 14.4. The summed E-state index contributed by atoms with van der Waals surface area (Å²) in [4.78, 5) is 32.6. The predicted molar refractivity (Wildman–Crippen MR) is 124 cm³/mol. The van der Waals surface area contributed by atoms with Gasteiger partial charge in [0.05, 0.1) is 13.7 Å². The van der Waals surface area contributed by atoms with Gasteiger partial charge in [-0.1, -0.05) is 39.7 Å². The summed E-state index contributed by atoms with van der Waals surface area (Å²) in [5.74, 6) is 0.745. The zero-order chi connectivity index (χ0) is 23.4. The molecule has 0 saturated carbocycles. The first-order valence-electron chi connectivity index (χ1n) is 10.4. The maximum Gasteiger partial charge on any atom is 0.239 e. The van der Waals surface area contributed by atoms with Gasteiger partial charge in [-0.15, -0.1) is 6.58 Å². The van der Waals surface area contributed by atoms with Gasteiger partial charge in [-0.2, -0.15) is 0 Å². The van der Waals surface area contributed by atoms with E-state index in [1.54, 1.807) is 20.1 Å². The lowest BCUT2D eigenvalue weighted by molar-refractivity contribution is -0.122. The Kier molecular flexibility index (Phi) is 19.1. The van der Waals surface area contributed by atoms with E-state index >= 15 is 0 Å². The fraction of sp³-hybridized carbons (Fsp3) is 0.522. The minimum atomic E-state index is -0.218. The van der Waals surface area contributed by atoms with E-state index in [2.05, 4.69) is 29.5 Å². The normalized spacial score (nSPS) is 10.1. The Bertz CT molecular complexity index is 633. The molecule has 0 aliphatic heterocycles. The van der Waals surface area contributed by atoms with Gasteiger partial charge in [-0.3, -0.25) is 14.4 Å². The van der Waals surface area contributed by atoms with Crippen LogP contribution in [0.15, 0.2) is 30.9 Å². The van der Waals surface area contributed by atoms with Crippen molar-refractivity contribution in [1.29, 1.82) is 0 Å². The predicted octanol–water partition coefficient (Wildman–Crippen LogP) is 3.95. The standard InChI is InChI=1S/C14H21NO2.C7H12N2O2.C2H6/c1-4-5-6-7-14(16)12-9-8-11(17-3)10-13(12)15-2;1-3-6(2)9-7(11)4-8-5-10;1-2/h8-10,15H,4-7H2,1-3H3;3,5-6H,1,4H2,2H3,(H,8,10)(H,9,11);1-2H3/t;6-;/m.1./s1. The molecule has 0 radical (unpaired) electrons. The lowest BCUT2D eigenvalue weighted by Gasteiger charge is -2.10. The molecule has 2 amide bonds. The highest BCUT2D eigenvalue weighted by atomic mass is 16.5. The van der Waals surface area contributed by atoms with Crippen LogP contribution in [0.5, 0.6) is 5.75 Å². The molecule has 0 saturated heterocycles. The number of methoxy groups -OCH3 is 1. The minimum absolute atomic E-state index is 0.0156. The first-order valence-corrected chi connectivity index (χ1v) is 10.4. The molecule has 0 aliphatic carbocycles. The van der Waals surface area contributed by atoms with E-state index in [1.807, 2.05) is 39.1 Å². The van der Waals surface area contributed by atoms with Gasteiger partial charge in [-0.05, 0) is 25.5 Å². The van der Waals surface area contributed by atoms with Crippen molar-refractivity contribution in [1.82, 2.24) is 10.6 Å². The number of hydrogen-bond acceptors (Lipinski definition) is 5. The molecule has 170 valence electrons. The molecule has 0 fully saturated rings. The third-order valence-corrected chi connectivity index (χ3v) is 3.89. The van der Waals surface area contributed by atoms with E-state index in [4.69, 9.17) is 4.74 Å². The van der Waals surface area contributed by atoms with Crippen LogP contribution < -0.4 is 20.7 Å². The highest BCUT2D eigenvalue weighted by molar-refractivity contribution is 6.01. The van der Waals surface area contributed by atoms with E-state index in [-0.39, 0.29) is 24.3 Å². The highest BCUT2D eigenvalue weighted by Crippen LogP contribution is 2.23. The quantitative estimate of drug-likeness (QED) is 0.205. The number of carbonyl (C=O) groups excluding carboxylic acids is 3. The van der Waals surface area contributed by atoms with Gasteiger partial charge in [0.15, 0.2) is 5.78 Å². The van der Waals surface area contributed by atoms with Crippen molar-refractivity contribution < 1.29 is 19.1 Å². The largest absolute Gasteiger partial charge is 0.497 e. The Balaban J connectivity index is 0. The molecule has 0 unspecified atom stereocenters.